The van der Waals surface area contributed by atoms with E-state index in [9.17, 15) is 4.79 Å². The van der Waals surface area contributed by atoms with Gasteiger partial charge in [-0.05, 0) is 32.4 Å². The molecule has 0 saturated carbocycles. The Kier molecular flexibility index (Phi) is 3.70. The Labute approximate surface area is 117 Å². The van der Waals surface area contributed by atoms with Crippen molar-refractivity contribution in [3.05, 3.63) is 11.1 Å². The lowest BCUT2D eigenvalue weighted by Crippen LogP contribution is -2.35. The first kappa shape index (κ1) is 12.9. The fourth-order valence-corrected chi connectivity index (χ4v) is 3.76. The average Bonchev–Trinajstić information content (AvgIpc) is 3.14. The van der Waals surface area contributed by atoms with Crippen LogP contribution in [0.25, 0.3) is 0 Å². The van der Waals surface area contributed by atoms with Crippen LogP contribution >= 0.6 is 11.3 Å². The van der Waals surface area contributed by atoms with Gasteiger partial charge in [0.05, 0.1) is 7.11 Å². The summed E-state index contributed by atoms with van der Waals surface area (Å²) in [4.78, 5) is 20.7. The van der Waals surface area contributed by atoms with Crippen LogP contribution in [0.15, 0.2) is 5.38 Å². The summed E-state index contributed by atoms with van der Waals surface area (Å²) in [5, 5.41) is 2.73. The SMILES string of the molecule is COC(=O)c1csc(N2CCC(N3CCCC3)C2)n1. The molecule has 3 heterocycles. The number of carbonyl (C=O) groups is 1. The maximum absolute atomic E-state index is 11.4. The van der Waals surface area contributed by atoms with Crippen molar-refractivity contribution in [2.24, 2.45) is 0 Å². The highest BCUT2D eigenvalue weighted by Gasteiger charge is 2.30. The number of hydrogen-bond donors (Lipinski definition) is 0. The second-order valence-electron chi connectivity index (χ2n) is 5.14. The predicted octanol–water partition coefficient (Wildman–Crippen LogP) is 1.60. The Morgan fingerprint density at radius 3 is 2.95 bits per heavy atom. The number of aromatic nitrogens is 1. The maximum Gasteiger partial charge on any atom is 0.357 e. The minimum Gasteiger partial charge on any atom is -0.464 e. The number of likely N-dealkylation sites (tertiary alicyclic amines) is 1. The zero-order valence-electron chi connectivity index (χ0n) is 11.2. The molecule has 1 unspecified atom stereocenters. The fraction of sp³-hybridized carbons (Fsp3) is 0.692. The number of anilines is 1. The molecule has 0 aromatic carbocycles. The van der Waals surface area contributed by atoms with Gasteiger partial charge in [-0.2, -0.15) is 0 Å². The fourth-order valence-electron chi connectivity index (χ4n) is 2.93. The molecule has 0 radical (unpaired) electrons. The first-order valence-electron chi connectivity index (χ1n) is 6.81. The number of esters is 1. The quantitative estimate of drug-likeness (QED) is 0.788. The van der Waals surface area contributed by atoms with Gasteiger partial charge >= 0.3 is 5.97 Å². The largest absolute Gasteiger partial charge is 0.464 e. The van der Waals surface area contributed by atoms with E-state index in [2.05, 4.69) is 14.8 Å². The molecule has 1 atom stereocenters. The molecule has 104 valence electrons. The van der Waals surface area contributed by atoms with E-state index in [1.165, 1.54) is 50.8 Å². The molecule has 2 fully saturated rings. The van der Waals surface area contributed by atoms with Crippen molar-refractivity contribution in [2.75, 3.05) is 38.2 Å². The van der Waals surface area contributed by atoms with Crippen LogP contribution in [0.1, 0.15) is 29.8 Å². The van der Waals surface area contributed by atoms with E-state index in [0.29, 0.717) is 11.7 Å². The molecule has 2 aliphatic rings. The molecule has 2 saturated heterocycles. The molecule has 0 spiro atoms. The van der Waals surface area contributed by atoms with Crippen molar-refractivity contribution in [1.29, 1.82) is 0 Å². The summed E-state index contributed by atoms with van der Waals surface area (Å²) < 4.78 is 4.69. The number of hydrogen-bond acceptors (Lipinski definition) is 6. The van der Waals surface area contributed by atoms with Gasteiger partial charge in [-0.1, -0.05) is 0 Å². The molecule has 2 aliphatic heterocycles. The third kappa shape index (κ3) is 2.60. The van der Waals surface area contributed by atoms with Crippen molar-refractivity contribution >= 4 is 22.4 Å². The minimum atomic E-state index is -0.349. The van der Waals surface area contributed by atoms with Crippen molar-refractivity contribution in [3.8, 4) is 0 Å². The number of ether oxygens (including phenoxy) is 1. The highest BCUT2D eigenvalue weighted by Crippen LogP contribution is 2.27. The topological polar surface area (TPSA) is 45.7 Å². The van der Waals surface area contributed by atoms with E-state index < -0.39 is 0 Å². The van der Waals surface area contributed by atoms with Crippen LogP contribution in [0.5, 0.6) is 0 Å². The number of thiazole rings is 1. The molecule has 19 heavy (non-hydrogen) atoms. The van der Waals surface area contributed by atoms with E-state index >= 15 is 0 Å². The molecule has 1 aromatic rings. The van der Waals surface area contributed by atoms with Crippen LogP contribution < -0.4 is 4.90 Å². The Morgan fingerprint density at radius 2 is 2.21 bits per heavy atom. The van der Waals surface area contributed by atoms with E-state index in [0.717, 1.165) is 18.2 Å². The first-order chi connectivity index (χ1) is 9.28. The summed E-state index contributed by atoms with van der Waals surface area (Å²) in [5.74, 6) is -0.349. The maximum atomic E-state index is 11.4. The summed E-state index contributed by atoms with van der Waals surface area (Å²) in [7, 11) is 1.39. The second-order valence-corrected chi connectivity index (χ2v) is 5.98. The number of methoxy groups -OCH3 is 1. The monoisotopic (exact) mass is 281 g/mol. The predicted molar refractivity (Wildman–Crippen MR) is 74.9 cm³/mol. The van der Waals surface area contributed by atoms with Crippen molar-refractivity contribution in [2.45, 2.75) is 25.3 Å². The van der Waals surface area contributed by atoms with Gasteiger partial charge in [0.25, 0.3) is 0 Å². The zero-order valence-corrected chi connectivity index (χ0v) is 12.0. The molecule has 6 heteroatoms. The van der Waals surface area contributed by atoms with Gasteiger partial charge in [-0.25, -0.2) is 9.78 Å². The standard InChI is InChI=1S/C13H19N3O2S/c1-18-12(17)11-9-19-13(14-11)16-7-4-10(8-16)15-5-2-3-6-15/h9-10H,2-8H2,1H3. The van der Waals surface area contributed by atoms with Crippen LogP contribution in [-0.2, 0) is 4.74 Å². The van der Waals surface area contributed by atoms with Gasteiger partial charge in [0.2, 0.25) is 0 Å². The summed E-state index contributed by atoms with van der Waals surface area (Å²) in [6.45, 7) is 4.55. The third-order valence-corrected chi connectivity index (χ3v) is 4.88. The summed E-state index contributed by atoms with van der Waals surface area (Å²) >= 11 is 1.53. The van der Waals surface area contributed by atoms with Crippen LogP contribution in [0.2, 0.25) is 0 Å². The summed E-state index contributed by atoms with van der Waals surface area (Å²) in [6, 6.07) is 0.660. The van der Waals surface area contributed by atoms with E-state index in [4.69, 9.17) is 4.74 Å². The highest BCUT2D eigenvalue weighted by atomic mass is 32.1. The summed E-state index contributed by atoms with van der Waals surface area (Å²) in [5.41, 5.74) is 0.423. The van der Waals surface area contributed by atoms with Gasteiger partial charge < -0.3 is 9.64 Å². The Hall–Kier alpha value is -1.14. The van der Waals surface area contributed by atoms with Gasteiger partial charge in [0, 0.05) is 24.5 Å². The molecular formula is C13H19N3O2S. The van der Waals surface area contributed by atoms with Crippen LogP contribution in [0, 0.1) is 0 Å². The van der Waals surface area contributed by atoms with Gasteiger partial charge in [0.15, 0.2) is 10.8 Å². The van der Waals surface area contributed by atoms with E-state index in [1.54, 1.807) is 5.38 Å². The number of nitrogens with zero attached hydrogens (tertiary/aromatic N) is 3. The lowest BCUT2D eigenvalue weighted by atomic mass is 10.2. The normalized spacial score (nSPS) is 24.1. The summed E-state index contributed by atoms with van der Waals surface area (Å²) in [6.07, 6.45) is 3.87. The van der Waals surface area contributed by atoms with Crippen molar-refractivity contribution in [1.82, 2.24) is 9.88 Å². The molecular weight excluding hydrogens is 262 g/mol. The van der Waals surface area contributed by atoms with E-state index in [1.807, 2.05) is 0 Å². The average molecular weight is 281 g/mol. The minimum absolute atomic E-state index is 0.349. The molecule has 1 aromatic heterocycles. The molecule has 0 amide bonds. The molecule has 0 aliphatic carbocycles. The van der Waals surface area contributed by atoms with Crippen LogP contribution in [0.4, 0.5) is 5.13 Å². The Balaban J connectivity index is 1.64. The Morgan fingerprint density at radius 1 is 1.42 bits per heavy atom. The van der Waals surface area contributed by atoms with Gasteiger partial charge in [-0.3, -0.25) is 4.90 Å². The van der Waals surface area contributed by atoms with Gasteiger partial charge in [-0.15, -0.1) is 11.3 Å². The van der Waals surface area contributed by atoms with Crippen LogP contribution in [-0.4, -0.2) is 55.2 Å². The third-order valence-electron chi connectivity index (χ3n) is 3.98. The van der Waals surface area contributed by atoms with Crippen molar-refractivity contribution < 1.29 is 9.53 Å². The Bertz CT molecular complexity index is 456. The first-order valence-corrected chi connectivity index (χ1v) is 7.69. The lowest BCUT2D eigenvalue weighted by Gasteiger charge is -2.23. The van der Waals surface area contributed by atoms with Crippen molar-refractivity contribution in [3.63, 3.8) is 0 Å². The smallest absolute Gasteiger partial charge is 0.357 e. The van der Waals surface area contributed by atoms with Gasteiger partial charge in [0.1, 0.15) is 0 Å². The van der Waals surface area contributed by atoms with E-state index in [-0.39, 0.29) is 5.97 Å². The second kappa shape index (κ2) is 5.46. The molecule has 0 N–H and O–H groups in total. The number of carbonyl (C=O) groups excluding carboxylic acids is 1. The zero-order chi connectivity index (χ0) is 13.2. The number of rotatable bonds is 3. The van der Waals surface area contributed by atoms with Crippen LogP contribution in [0.3, 0.4) is 0 Å². The highest BCUT2D eigenvalue weighted by molar-refractivity contribution is 7.13. The molecule has 5 nitrogen and oxygen atoms in total. The lowest BCUT2D eigenvalue weighted by molar-refractivity contribution is 0.0595. The molecule has 3 rings (SSSR count). The molecule has 0 bridgehead atoms.